The van der Waals surface area contributed by atoms with Crippen molar-refractivity contribution in [1.82, 2.24) is 0 Å². The topological polar surface area (TPSA) is 65.5 Å². The smallest absolute Gasteiger partial charge is 0.350 e. The Labute approximate surface area is 109 Å². The van der Waals surface area contributed by atoms with E-state index in [9.17, 15) is 4.79 Å². The van der Waals surface area contributed by atoms with Crippen LogP contribution in [0.2, 0.25) is 0 Å². The molecule has 0 saturated carbocycles. The fraction of sp³-hybridized carbons (Fsp3) is 0.308. The molecule has 96 valence electrons. The molecule has 0 spiro atoms. The molecule has 0 aromatic carbocycles. The van der Waals surface area contributed by atoms with E-state index in [0.29, 0.717) is 10.6 Å². The SMILES string of the molecule is CC(C)(C)OC(=O)c1sc(-c2ccoc2)cc1N. The molecule has 0 aliphatic rings. The first-order valence-corrected chi connectivity index (χ1v) is 6.34. The lowest BCUT2D eigenvalue weighted by molar-refractivity contribution is 0.00764. The third-order valence-corrected chi connectivity index (χ3v) is 3.33. The molecule has 0 saturated heterocycles. The molecule has 2 aromatic heterocycles. The molecule has 0 aliphatic carbocycles. The van der Waals surface area contributed by atoms with E-state index >= 15 is 0 Å². The molecular weight excluding hydrogens is 250 g/mol. The van der Waals surface area contributed by atoms with Gasteiger partial charge in [0, 0.05) is 10.4 Å². The summed E-state index contributed by atoms with van der Waals surface area (Å²) < 4.78 is 10.3. The average molecular weight is 265 g/mol. The maximum Gasteiger partial charge on any atom is 0.350 e. The van der Waals surface area contributed by atoms with Crippen molar-refractivity contribution in [3.8, 4) is 10.4 Å². The van der Waals surface area contributed by atoms with Gasteiger partial charge in [-0.3, -0.25) is 0 Å². The molecule has 2 N–H and O–H groups in total. The van der Waals surface area contributed by atoms with Gasteiger partial charge >= 0.3 is 5.97 Å². The Hall–Kier alpha value is -1.75. The Morgan fingerprint density at radius 3 is 2.72 bits per heavy atom. The largest absolute Gasteiger partial charge is 0.472 e. The summed E-state index contributed by atoms with van der Waals surface area (Å²) >= 11 is 1.31. The van der Waals surface area contributed by atoms with Gasteiger partial charge in [-0.2, -0.15) is 0 Å². The molecular formula is C13H15NO3S. The molecule has 5 heteroatoms. The molecule has 0 amide bonds. The van der Waals surface area contributed by atoms with Crippen LogP contribution >= 0.6 is 11.3 Å². The van der Waals surface area contributed by atoms with Gasteiger partial charge in [0.1, 0.15) is 10.5 Å². The number of hydrogen-bond donors (Lipinski definition) is 1. The van der Waals surface area contributed by atoms with Crippen molar-refractivity contribution in [1.29, 1.82) is 0 Å². The Bertz CT molecular complexity index is 549. The van der Waals surface area contributed by atoms with Crippen LogP contribution in [-0.2, 0) is 4.74 Å². The van der Waals surface area contributed by atoms with Crippen LogP contribution in [0.5, 0.6) is 0 Å². The third-order valence-electron chi connectivity index (χ3n) is 2.15. The molecule has 0 bridgehead atoms. The maximum atomic E-state index is 11.9. The molecule has 2 heterocycles. The summed E-state index contributed by atoms with van der Waals surface area (Å²) in [6, 6.07) is 3.58. The van der Waals surface area contributed by atoms with E-state index in [4.69, 9.17) is 14.9 Å². The van der Waals surface area contributed by atoms with E-state index < -0.39 is 5.60 Å². The normalized spacial score (nSPS) is 11.5. The summed E-state index contributed by atoms with van der Waals surface area (Å²) in [4.78, 5) is 13.3. The van der Waals surface area contributed by atoms with Crippen LogP contribution in [0.4, 0.5) is 5.69 Å². The summed E-state index contributed by atoms with van der Waals surface area (Å²) in [7, 11) is 0. The number of rotatable bonds is 2. The van der Waals surface area contributed by atoms with Crippen molar-refractivity contribution in [2.75, 3.05) is 5.73 Å². The summed E-state index contributed by atoms with van der Waals surface area (Å²) in [5.41, 5.74) is 6.66. The number of furan rings is 1. The highest BCUT2D eigenvalue weighted by Crippen LogP contribution is 2.34. The zero-order valence-electron chi connectivity index (χ0n) is 10.5. The quantitative estimate of drug-likeness (QED) is 0.843. The summed E-state index contributed by atoms with van der Waals surface area (Å²) in [6.45, 7) is 5.48. The minimum atomic E-state index is -0.524. The van der Waals surface area contributed by atoms with Gasteiger partial charge in [0.05, 0.1) is 18.2 Å². The first kappa shape index (κ1) is 12.7. The van der Waals surface area contributed by atoms with Crippen molar-refractivity contribution < 1.29 is 13.9 Å². The number of ether oxygens (including phenoxy) is 1. The number of nitrogens with two attached hydrogens (primary N) is 1. The van der Waals surface area contributed by atoms with Crippen molar-refractivity contribution in [2.24, 2.45) is 0 Å². The van der Waals surface area contributed by atoms with E-state index in [1.165, 1.54) is 11.3 Å². The van der Waals surface area contributed by atoms with Crippen molar-refractivity contribution in [3.63, 3.8) is 0 Å². The number of carbonyl (C=O) groups is 1. The highest BCUT2D eigenvalue weighted by Gasteiger charge is 2.22. The van der Waals surface area contributed by atoms with Crippen molar-refractivity contribution in [3.05, 3.63) is 29.5 Å². The average Bonchev–Trinajstić information content (AvgIpc) is 2.82. The van der Waals surface area contributed by atoms with Crippen molar-refractivity contribution >= 4 is 23.0 Å². The first-order valence-electron chi connectivity index (χ1n) is 5.52. The lowest BCUT2D eigenvalue weighted by Gasteiger charge is -2.18. The van der Waals surface area contributed by atoms with E-state index in [2.05, 4.69) is 0 Å². The second-order valence-electron chi connectivity index (χ2n) is 4.91. The third kappa shape index (κ3) is 2.73. The Morgan fingerprint density at radius 2 is 2.17 bits per heavy atom. The zero-order chi connectivity index (χ0) is 13.3. The number of carbonyl (C=O) groups excluding carboxylic acids is 1. The fourth-order valence-corrected chi connectivity index (χ4v) is 2.38. The van der Waals surface area contributed by atoms with Gasteiger partial charge in [0.25, 0.3) is 0 Å². The standard InChI is InChI=1S/C13H15NO3S/c1-13(2,3)17-12(15)11-9(14)6-10(18-11)8-4-5-16-7-8/h4-7H,14H2,1-3H3. The summed E-state index contributed by atoms with van der Waals surface area (Å²) in [5, 5.41) is 0. The van der Waals surface area contributed by atoms with Gasteiger partial charge in [-0.15, -0.1) is 11.3 Å². The molecule has 0 unspecified atom stereocenters. The second kappa shape index (κ2) is 4.49. The highest BCUT2D eigenvalue weighted by molar-refractivity contribution is 7.18. The van der Waals surface area contributed by atoms with Gasteiger partial charge in [0.15, 0.2) is 0 Å². The summed E-state index contributed by atoms with van der Waals surface area (Å²) in [5.74, 6) is -0.389. The van der Waals surface area contributed by atoms with Crippen LogP contribution in [-0.4, -0.2) is 11.6 Å². The Kier molecular flexibility index (Phi) is 3.17. The molecule has 4 nitrogen and oxygen atoms in total. The van der Waals surface area contributed by atoms with Gasteiger partial charge < -0.3 is 14.9 Å². The number of hydrogen-bond acceptors (Lipinski definition) is 5. The predicted octanol–water partition coefficient (Wildman–Crippen LogP) is 3.55. The second-order valence-corrected chi connectivity index (χ2v) is 5.96. The predicted molar refractivity (Wildman–Crippen MR) is 71.6 cm³/mol. The van der Waals surface area contributed by atoms with Crippen LogP contribution in [0.25, 0.3) is 10.4 Å². The molecule has 2 aromatic rings. The van der Waals surface area contributed by atoms with Crippen LogP contribution in [0.1, 0.15) is 30.4 Å². The molecule has 0 fully saturated rings. The number of thiophene rings is 1. The van der Waals surface area contributed by atoms with E-state index in [1.54, 1.807) is 18.6 Å². The number of nitrogen functional groups attached to an aromatic ring is 1. The lowest BCUT2D eigenvalue weighted by atomic mass is 10.2. The van der Waals surface area contributed by atoms with Gasteiger partial charge in [0.2, 0.25) is 0 Å². The maximum absolute atomic E-state index is 11.9. The monoisotopic (exact) mass is 265 g/mol. The summed E-state index contributed by atoms with van der Waals surface area (Å²) in [6.07, 6.45) is 3.20. The van der Waals surface area contributed by atoms with Crippen LogP contribution in [0.15, 0.2) is 29.1 Å². The fourth-order valence-electron chi connectivity index (χ4n) is 1.44. The van der Waals surface area contributed by atoms with E-state index in [-0.39, 0.29) is 5.97 Å². The van der Waals surface area contributed by atoms with Gasteiger partial charge in [-0.05, 0) is 32.9 Å². The zero-order valence-corrected chi connectivity index (χ0v) is 11.3. The number of esters is 1. The number of anilines is 1. The van der Waals surface area contributed by atoms with Crippen LogP contribution in [0, 0.1) is 0 Å². The van der Waals surface area contributed by atoms with Crippen molar-refractivity contribution in [2.45, 2.75) is 26.4 Å². The Morgan fingerprint density at radius 1 is 1.44 bits per heavy atom. The minimum Gasteiger partial charge on any atom is -0.472 e. The van der Waals surface area contributed by atoms with Crippen LogP contribution in [0.3, 0.4) is 0 Å². The molecule has 0 atom stereocenters. The minimum absolute atomic E-state index is 0.389. The molecule has 18 heavy (non-hydrogen) atoms. The lowest BCUT2D eigenvalue weighted by Crippen LogP contribution is -2.23. The molecule has 0 aliphatic heterocycles. The molecule has 0 radical (unpaired) electrons. The highest BCUT2D eigenvalue weighted by atomic mass is 32.1. The van der Waals surface area contributed by atoms with E-state index in [0.717, 1.165) is 10.4 Å². The van der Waals surface area contributed by atoms with Gasteiger partial charge in [-0.25, -0.2) is 4.79 Å². The molecule has 2 rings (SSSR count). The Balaban J connectivity index is 2.27. The first-order chi connectivity index (χ1) is 8.37. The van der Waals surface area contributed by atoms with Crippen LogP contribution < -0.4 is 5.73 Å². The van der Waals surface area contributed by atoms with Gasteiger partial charge in [-0.1, -0.05) is 0 Å². The van der Waals surface area contributed by atoms with E-state index in [1.807, 2.05) is 26.8 Å².